The number of esters is 1. The van der Waals surface area contributed by atoms with Crippen molar-refractivity contribution in [2.24, 2.45) is 0 Å². The number of non-ortho nitro benzene ring substituents is 1. The van der Waals surface area contributed by atoms with Crippen molar-refractivity contribution in [2.75, 3.05) is 13.2 Å². The van der Waals surface area contributed by atoms with E-state index in [2.05, 4.69) is 10.3 Å². The number of nitro benzene ring substituents is 1. The summed E-state index contributed by atoms with van der Waals surface area (Å²) in [7, 11) is 0. The number of hydrogen-bond acceptors (Lipinski definition) is 5. The molecule has 1 aromatic heterocycles. The first-order valence-electron chi connectivity index (χ1n) is 8.28. The van der Waals surface area contributed by atoms with Crippen molar-refractivity contribution in [3.63, 3.8) is 0 Å². The summed E-state index contributed by atoms with van der Waals surface area (Å²) >= 11 is 0. The Balaban J connectivity index is 1.44. The second-order valence-corrected chi connectivity index (χ2v) is 5.84. The van der Waals surface area contributed by atoms with Crippen LogP contribution in [-0.4, -0.2) is 34.9 Å². The van der Waals surface area contributed by atoms with Crippen LogP contribution >= 0.6 is 0 Å². The molecule has 0 atom stereocenters. The Labute approximate surface area is 154 Å². The molecule has 138 valence electrons. The van der Waals surface area contributed by atoms with Gasteiger partial charge < -0.3 is 15.0 Å². The predicted octanol–water partition coefficient (Wildman–Crippen LogP) is 2.59. The molecule has 0 bridgehead atoms. The van der Waals surface area contributed by atoms with Gasteiger partial charge in [0.15, 0.2) is 6.61 Å². The Morgan fingerprint density at radius 3 is 2.59 bits per heavy atom. The van der Waals surface area contributed by atoms with Crippen LogP contribution in [0, 0.1) is 10.1 Å². The normalized spacial score (nSPS) is 10.5. The van der Waals surface area contributed by atoms with Gasteiger partial charge in [-0.05, 0) is 30.2 Å². The highest BCUT2D eigenvalue weighted by atomic mass is 16.6. The third-order valence-electron chi connectivity index (χ3n) is 4.04. The number of benzene rings is 2. The molecule has 0 fully saturated rings. The molecular formula is C19H17N3O5. The first kappa shape index (κ1) is 18.1. The Morgan fingerprint density at radius 2 is 1.85 bits per heavy atom. The van der Waals surface area contributed by atoms with Gasteiger partial charge >= 0.3 is 5.97 Å². The van der Waals surface area contributed by atoms with Crippen LogP contribution in [0.3, 0.4) is 0 Å². The van der Waals surface area contributed by atoms with Crippen molar-refractivity contribution < 1.29 is 19.2 Å². The fourth-order valence-electron chi connectivity index (χ4n) is 2.66. The van der Waals surface area contributed by atoms with Crippen LogP contribution in [0.5, 0.6) is 0 Å². The highest BCUT2D eigenvalue weighted by Gasteiger charge is 2.12. The van der Waals surface area contributed by atoms with E-state index in [1.54, 1.807) is 0 Å². The SMILES string of the molecule is O=C(COC(=O)c1ccc([N+](=O)[O-])cc1)NCCc1c[nH]c2ccccc12. The number of rotatable bonds is 7. The number of para-hydroxylation sites is 1. The van der Waals surface area contributed by atoms with Crippen LogP contribution in [0.15, 0.2) is 54.7 Å². The molecule has 3 rings (SSSR count). The second-order valence-electron chi connectivity index (χ2n) is 5.84. The first-order valence-corrected chi connectivity index (χ1v) is 8.28. The summed E-state index contributed by atoms with van der Waals surface area (Å²) in [4.78, 5) is 36.9. The van der Waals surface area contributed by atoms with E-state index in [9.17, 15) is 19.7 Å². The summed E-state index contributed by atoms with van der Waals surface area (Å²) in [6, 6.07) is 12.9. The molecule has 2 aromatic carbocycles. The van der Waals surface area contributed by atoms with E-state index in [0.717, 1.165) is 16.5 Å². The summed E-state index contributed by atoms with van der Waals surface area (Å²) < 4.78 is 4.92. The van der Waals surface area contributed by atoms with Crippen LogP contribution in [0.1, 0.15) is 15.9 Å². The molecule has 0 aliphatic heterocycles. The molecular weight excluding hydrogens is 350 g/mol. The monoisotopic (exact) mass is 367 g/mol. The summed E-state index contributed by atoms with van der Waals surface area (Å²) in [5.74, 6) is -1.12. The largest absolute Gasteiger partial charge is 0.452 e. The number of ether oxygens (including phenoxy) is 1. The van der Waals surface area contributed by atoms with Gasteiger partial charge in [0.05, 0.1) is 10.5 Å². The van der Waals surface area contributed by atoms with Gasteiger partial charge in [-0.2, -0.15) is 0 Å². The summed E-state index contributed by atoms with van der Waals surface area (Å²) in [6.07, 6.45) is 2.55. The van der Waals surface area contributed by atoms with Gasteiger partial charge in [-0.3, -0.25) is 14.9 Å². The molecule has 3 aromatic rings. The van der Waals surface area contributed by atoms with E-state index in [1.165, 1.54) is 24.3 Å². The number of aromatic nitrogens is 1. The zero-order valence-electron chi connectivity index (χ0n) is 14.3. The quantitative estimate of drug-likeness (QED) is 0.378. The van der Waals surface area contributed by atoms with Gasteiger partial charge in [0.1, 0.15) is 0 Å². The molecule has 1 heterocycles. The first-order chi connectivity index (χ1) is 13.0. The highest BCUT2D eigenvalue weighted by molar-refractivity contribution is 5.91. The average molecular weight is 367 g/mol. The number of fused-ring (bicyclic) bond motifs is 1. The molecule has 0 radical (unpaired) electrons. The van der Waals surface area contributed by atoms with E-state index >= 15 is 0 Å². The fourth-order valence-corrected chi connectivity index (χ4v) is 2.66. The third-order valence-corrected chi connectivity index (χ3v) is 4.04. The molecule has 8 heteroatoms. The molecule has 0 aliphatic rings. The minimum atomic E-state index is -0.711. The van der Waals surface area contributed by atoms with Gasteiger partial charge in [0.25, 0.3) is 11.6 Å². The van der Waals surface area contributed by atoms with Crippen molar-refractivity contribution in [1.29, 1.82) is 0 Å². The van der Waals surface area contributed by atoms with Crippen molar-refractivity contribution >= 4 is 28.5 Å². The lowest BCUT2D eigenvalue weighted by Crippen LogP contribution is -2.30. The van der Waals surface area contributed by atoms with Gasteiger partial charge in [-0.25, -0.2) is 4.79 Å². The van der Waals surface area contributed by atoms with Crippen molar-refractivity contribution in [1.82, 2.24) is 10.3 Å². The zero-order chi connectivity index (χ0) is 19.2. The lowest BCUT2D eigenvalue weighted by atomic mass is 10.1. The number of nitrogens with one attached hydrogen (secondary N) is 2. The number of nitrogens with zero attached hydrogens (tertiary/aromatic N) is 1. The number of nitro groups is 1. The van der Waals surface area contributed by atoms with Crippen LogP contribution in [0.2, 0.25) is 0 Å². The number of carbonyl (C=O) groups is 2. The van der Waals surface area contributed by atoms with E-state index < -0.39 is 23.4 Å². The predicted molar refractivity (Wildman–Crippen MR) is 98.4 cm³/mol. The van der Waals surface area contributed by atoms with E-state index in [4.69, 9.17) is 4.74 Å². The minimum Gasteiger partial charge on any atom is -0.452 e. The number of aromatic amines is 1. The van der Waals surface area contributed by atoms with Crippen molar-refractivity contribution in [3.8, 4) is 0 Å². The average Bonchev–Trinajstić information content (AvgIpc) is 3.09. The molecule has 27 heavy (non-hydrogen) atoms. The zero-order valence-corrected chi connectivity index (χ0v) is 14.3. The molecule has 0 unspecified atom stereocenters. The number of carbonyl (C=O) groups excluding carboxylic acids is 2. The van der Waals surface area contributed by atoms with Gasteiger partial charge in [0, 0.05) is 35.8 Å². The number of amides is 1. The van der Waals surface area contributed by atoms with Crippen molar-refractivity contribution in [2.45, 2.75) is 6.42 Å². The Morgan fingerprint density at radius 1 is 1.11 bits per heavy atom. The molecule has 0 spiro atoms. The van der Waals surface area contributed by atoms with Gasteiger partial charge in [-0.15, -0.1) is 0 Å². The Bertz CT molecular complexity index is 978. The number of H-pyrrole nitrogens is 1. The highest BCUT2D eigenvalue weighted by Crippen LogP contribution is 2.17. The summed E-state index contributed by atoms with van der Waals surface area (Å²) in [5, 5.41) is 14.4. The summed E-state index contributed by atoms with van der Waals surface area (Å²) in [6.45, 7) is -0.000527. The fraction of sp³-hybridized carbons (Fsp3) is 0.158. The van der Waals surface area contributed by atoms with E-state index in [0.29, 0.717) is 13.0 Å². The second kappa shape index (κ2) is 8.13. The van der Waals surface area contributed by atoms with Gasteiger partial charge in [-0.1, -0.05) is 18.2 Å². The minimum absolute atomic E-state index is 0.124. The molecule has 1 amide bonds. The molecule has 0 saturated heterocycles. The van der Waals surface area contributed by atoms with Crippen molar-refractivity contribution in [3.05, 3.63) is 76.0 Å². The molecule has 0 saturated carbocycles. The smallest absolute Gasteiger partial charge is 0.338 e. The molecule has 8 nitrogen and oxygen atoms in total. The molecule has 0 aliphatic carbocycles. The standard InChI is InChI=1S/C19H17N3O5/c23-18(12-27-19(24)13-5-7-15(8-6-13)22(25)26)20-10-9-14-11-21-17-4-2-1-3-16(14)17/h1-8,11,21H,9-10,12H2,(H,20,23). The van der Waals surface area contributed by atoms with Crippen LogP contribution < -0.4 is 5.32 Å². The van der Waals surface area contributed by atoms with Gasteiger partial charge in [0.2, 0.25) is 0 Å². The maximum absolute atomic E-state index is 11.9. The lowest BCUT2D eigenvalue weighted by molar-refractivity contribution is -0.384. The third kappa shape index (κ3) is 4.49. The maximum Gasteiger partial charge on any atom is 0.338 e. The summed E-state index contributed by atoms with van der Waals surface area (Å²) in [5.41, 5.74) is 2.15. The van der Waals surface area contributed by atoms with E-state index in [1.807, 2.05) is 30.5 Å². The van der Waals surface area contributed by atoms with Crippen LogP contribution in [-0.2, 0) is 16.0 Å². The van der Waals surface area contributed by atoms with Crippen LogP contribution in [0.4, 0.5) is 5.69 Å². The molecule has 2 N–H and O–H groups in total. The van der Waals surface area contributed by atoms with Crippen LogP contribution in [0.25, 0.3) is 10.9 Å². The Kier molecular flexibility index (Phi) is 5.46. The van der Waals surface area contributed by atoms with E-state index in [-0.39, 0.29) is 11.3 Å². The Hall–Kier alpha value is -3.68. The topological polar surface area (TPSA) is 114 Å². The lowest BCUT2D eigenvalue weighted by Gasteiger charge is -2.06. The number of hydrogen-bond donors (Lipinski definition) is 2. The maximum atomic E-state index is 11.9.